The highest BCUT2D eigenvalue weighted by Crippen LogP contribution is 2.25. The van der Waals surface area contributed by atoms with Crippen LogP contribution >= 0.6 is 23.1 Å². The predicted molar refractivity (Wildman–Crippen MR) is 122 cm³/mol. The van der Waals surface area contributed by atoms with Gasteiger partial charge < -0.3 is 10.6 Å². The van der Waals surface area contributed by atoms with E-state index in [2.05, 4.69) is 51.5 Å². The fourth-order valence-corrected chi connectivity index (χ4v) is 4.44. The van der Waals surface area contributed by atoms with Crippen molar-refractivity contribution in [2.24, 2.45) is 0 Å². The summed E-state index contributed by atoms with van der Waals surface area (Å²) in [6.45, 7) is 7.15. The Bertz CT molecular complexity index is 1150. The topological polar surface area (TPSA) is 97.6 Å². The van der Waals surface area contributed by atoms with E-state index >= 15 is 0 Å². The molecule has 0 saturated carbocycles. The molecule has 30 heavy (non-hydrogen) atoms. The van der Waals surface area contributed by atoms with E-state index in [1.54, 1.807) is 22.6 Å². The zero-order valence-corrected chi connectivity index (χ0v) is 18.7. The van der Waals surface area contributed by atoms with Crippen molar-refractivity contribution in [2.45, 2.75) is 38.5 Å². The third-order valence-electron chi connectivity index (χ3n) is 4.27. The zero-order chi connectivity index (χ0) is 21.1. The van der Waals surface area contributed by atoms with Gasteiger partial charge in [0.15, 0.2) is 15.8 Å². The molecule has 0 unspecified atom stereocenters. The lowest BCUT2D eigenvalue weighted by atomic mass is 10.3. The van der Waals surface area contributed by atoms with Crippen LogP contribution < -0.4 is 10.6 Å². The van der Waals surface area contributed by atoms with E-state index in [0.29, 0.717) is 23.3 Å². The van der Waals surface area contributed by atoms with Crippen molar-refractivity contribution >= 4 is 56.1 Å². The third-order valence-corrected chi connectivity index (χ3v) is 6.04. The number of nitrogens with zero attached hydrogens (tertiary/aromatic N) is 5. The number of para-hydroxylation sites is 1. The fourth-order valence-electron chi connectivity index (χ4n) is 3.00. The van der Waals surface area contributed by atoms with Gasteiger partial charge in [0.25, 0.3) is 5.91 Å². The molecule has 0 bridgehead atoms. The van der Waals surface area contributed by atoms with Crippen LogP contribution in [0.25, 0.3) is 21.3 Å². The van der Waals surface area contributed by atoms with Gasteiger partial charge in [-0.2, -0.15) is 5.10 Å². The predicted octanol–water partition coefficient (Wildman–Crippen LogP) is 3.80. The van der Waals surface area contributed by atoms with E-state index in [9.17, 15) is 4.79 Å². The monoisotopic (exact) mass is 441 g/mol. The molecule has 0 aliphatic heterocycles. The molecule has 1 amide bonds. The van der Waals surface area contributed by atoms with Gasteiger partial charge in [0, 0.05) is 12.6 Å². The molecule has 4 rings (SSSR count). The van der Waals surface area contributed by atoms with Crippen molar-refractivity contribution in [1.82, 2.24) is 30.0 Å². The van der Waals surface area contributed by atoms with Gasteiger partial charge in [-0.1, -0.05) is 30.8 Å². The Hall–Kier alpha value is -2.72. The molecule has 10 heteroatoms. The Morgan fingerprint density at radius 3 is 2.83 bits per heavy atom. The molecule has 8 nitrogen and oxygen atoms in total. The van der Waals surface area contributed by atoms with Crippen LogP contribution in [0.2, 0.25) is 0 Å². The lowest BCUT2D eigenvalue weighted by Crippen LogP contribution is -2.27. The van der Waals surface area contributed by atoms with Crippen LogP contribution in [-0.4, -0.2) is 49.0 Å². The van der Waals surface area contributed by atoms with E-state index < -0.39 is 0 Å². The molecule has 1 aromatic carbocycles. The quantitative estimate of drug-likeness (QED) is 0.317. The first-order valence-corrected chi connectivity index (χ1v) is 11.6. The summed E-state index contributed by atoms with van der Waals surface area (Å²) in [4.78, 5) is 26.2. The summed E-state index contributed by atoms with van der Waals surface area (Å²) in [6, 6.07) is 7.99. The van der Waals surface area contributed by atoms with Gasteiger partial charge in [0.05, 0.1) is 28.3 Å². The Kier molecular flexibility index (Phi) is 6.14. The summed E-state index contributed by atoms with van der Waals surface area (Å²) in [6.07, 6.45) is 1.77. The average molecular weight is 442 g/mol. The van der Waals surface area contributed by atoms with Crippen molar-refractivity contribution < 1.29 is 4.79 Å². The minimum absolute atomic E-state index is 0.174. The summed E-state index contributed by atoms with van der Waals surface area (Å²) in [5.41, 5.74) is 1.60. The first-order chi connectivity index (χ1) is 14.5. The molecule has 0 saturated heterocycles. The number of thiazole rings is 1. The van der Waals surface area contributed by atoms with Gasteiger partial charge in [0.1, 0.15) is 5.82 Å². The molecule has 0 spiro atoms. The molecule has 4 aromatic rings. The normalized spacial score (nSPS) is 11.5. The number of rotatable bonds is 8. The number of hydrogen-bond donors (Lipinski definition) is 2. The second-order valence-electron chi connectivity index (χ2n) is 6.93. The van der Waals surface area contributed by atoms with Crippen LogP contribution in [0.5, 0.6) is 0 Å². The Morgan fingerprint density at radius 2 is 2.07 bits per heavy atom. The number of fused-ring (bicyclic) bond motifs is 2. The molecule has 2 N–H and O–H groups in total. The average Bonchev–Trinajstić information content (AvgIpc) is 3.32. The lowest BCUT2D eigenvalue weighted by Gasteiger charge is -2.11. The summed E-state index contributed by atoms with van der Waals surface area (Å²) in [5.74, 6) is 1.50. The molecule has 0 fully saturated rings. The van der Waals surface area contributed by atoms with Crippen LogP contribution in [-0.2, 0) is 6.54 Å². The first-order valence-electron chi connectivity index (χ1n) is 9.81. The van der Waals surface area contributed by atoms with Gasteiger partial charge in [0.2, 0.25) is 0 Å². The second kappa shape index (κ2) is 8.97. The van der Waals surface area contributed by atoms with Crippen LogP contribution in [0.1, 0.15) is 30.6 Å². The molecule has 0 radical (unpaired) electrons. The van der Waals surface area contributed by atoms with Crippen LogP contribution in [0, 0.1) is 0 Å². The van der Waals surface area contributed by atoms with E-state index in [4.69, 9.17) is 0 Å². The SMILES string of the molecule is CCSc1nc(NC(C)C)c2cnn(CCNC(=O)c3nc4ccccc4s3)c2n1. The highest BCUT2D eigenvalue weighted by molar-refractivity contribution is 7.99. The highest BCUT2D eigenvalue weighted by Gasteiger charge is 2.15. The van der Waals surface area contributed by atoms with Crippen molar-refractivity contribution in [3.63, 3.8) is 0 Å². The standard InChI is InChI=1S/C20H23N7OS2/c1-4-29-20-25-16(23-12(2)3)13-11-22-27(17(13)26-20)10-9-21-18(28)19-24-14-7-5-6-8-15(14)30-19/h5-8,11-12H,4,9-10H2,1-3H3,(H,21,28)(H,23,25,26). The fraction of sp³-hybridized carbons (Fsp3) is 0.350. The summed E-state index contributed by atoms with van der Waals surface area (Å²) in [7, 11) is 0. The van der Waals surface area contributed by atoms with Crippen LogP contribution in [0.4, 0.5) is 5.82 Å². The number of nitrogens with one attached hydrogen (secondary N) is 2. The minimum Gasteiger partial charge on any atom is -0.367 e. The molecular weight excluding hydrogens is 418 g/mol. The van der Waals surface area contributed by atoms with E-state index in [0.717, 1.165) is 32.8 Å². The van der Waals surface area contributed by atoms with Gasteiger partial charge in [-0.25, -0.2) is 19.6 Å². The van der Waals surface area contributed by atoms with Crippen molar-refractivity contribution in [3.8, 4) is 0 Å². The molecule has 0 atom stereocenters. The molecule has 3 aromatic heterocycles. The van der Waals surface area contributed by atoms with Crippen molar-refractivity contribution in [3.05, 3.63) is 35.5 Å². The van der Waals surface area contributed by atoms with E-state index in [-0.39, 0.29) is 11.9 Å². The maximum absolute atomic E-state index is 12.5. The number of hydrogen-bond acceptors (Lipinski definition) is 8. The van der Waals surface area contributed by atoms with Crippen molar-refractivity contribution in [2.75, 3.05) is 17.6 Å². The van der Waals surface area contributed by atoms with Gasteiger partial charge in [-0.3, -0.25) is 4.79 Å². The van der Waals surface area contributed by atoms with Crippen LogP contribution in [0.3, 0.4) is 0 Å². The summed E-state index contributed by atoms with van der Waals surface area (Å²) in [5, 5.41) is 12.8. The molecular formula is C20H23N7OS2. The molecule has 0 aliphatic carbocycles. The number of carbonyl (C=O) groups is 1. The molecule has 156 valence electrons. The first kappa shape index (κ1) is 20.5. The van der Waals surface area contributed by atoms with E-state index in [1.165, 1.54) is 11.3 Å². The Morgan fingerprint density at radius 1 is 1.23 bits per heavy atom. The van der Waals surface area contributed by atoms with Crippen LogP contribution in [0.15, 0.2) is 35.6 Å². The third kappa shape index (κ3) is 4.39. The number of carbonyl (C=O) groups excluding carboxylic acids is 1. The van der Waals surface area contributed by atoms with E-state index in [1.807, 2.05) is 24.3 Å². The number of benzene rings is 1. The number of aromatic nitrogens is 5. The largest absolute Gasteiger partial charge is 0.367 e. The second-order valence-corrected chi connectivity index (χ2v) is 9.20. The maximum Gasteiger partial charge on any atom is 0.280 e. The van der Waals surface area contributed by atoms with Gasteiger partial charge >= 0.3 is 0 Å². The Labute approximate surface area is 182 Å². The lowest BCUT2D eigenvalue weighted by molar-refractivity contribution is 0.0952. The maximum atomic E-state index is 12.5. The number of amides is 1. The number of thioether (sulfide) groups is 1. The number of anilines is 1. The Balaban J connectivity index is 1.49. The van der Waals surface area contributed by atoms with Gasteiger partial charge in [-0.15, -0.1) is 11.3 Å². The summed E-state index contributed by atoms with van der Waals surface area (Å²) >= 11 is 2.99. The molecule has 0 aliphatic rings. The zero-order valence-electron chi connectivity index (χ0n) is 17.0. The van der Waals surface area contributed by atoms with Gasteiger partial charge in [-0.05, 0) is 31.7 Å². The van der Waals surface area contributed by atoms with Crippen molar-refractivity contribution in [1.29, 1.82) is 0 Å². The highest BCUT2D eigenvalue weighted by atomic mass is 32.2. The smallest absolute Gasteiger partial charge is 0.280 e. The molecule has 3 heterocycles. The summed E-state index contributed by atoms with van der Waals surface area (Å²) < 4.78 is 2.81. The minimum atomic E-state index is -0.174.